The van der Waals surface area contributed by atoms with Crippen LogP contribution in [0.2, 0.25) is 5.02 Å². The van der Waals surface area contributed by atoms with E-state index in [0.29, 0.717) is 5.02 Å². The van der Waals surface area contributed by atoms with Gasteiger partial charge in [-0.05, 0) is 56.6 Å². The molecule has 0 aliphatic rings. The van der Waals surface area contributed by atoms with E-state index in [1.165, 1.54) is 5.56 Å². The minimum absolute atomic E-state index is 0.160. The Hall–Kier alpha value is -0.340. The van der Waals surface area contributed by atoms with Crippen LogP contribution in [-0.2, 0) is 6.42 Å². The fourth-order valence-corrected chi connectivity index (χ4v) is 1.96. The summed E-state index contributed by atoms with van der Waals surface area (Å²) < 4.78 is 5.58. The van der Waals surface area contributed by atoms with Crippen LogP contribution < -0.4 is 4.74 Å². The molecule has 0 heterocycles. The number of aryl methyl sites for hydroxylation is 1. The Balaban J connectivity index is 2.60. The first-order valence-corrected chi connectivity index (χ1v) is 6.70. The molecule has 0 spiro atoms. The number of halogens is 1. The van der Waals surface area contributed by atoms with Crippen molar-refractivity contribution in [2.75, 3.05) is 5.75 Å². The summed E-state index contributed by atoms with van der Waals surface area (Å²) in [5, 5.41) is 0.706. The molecule has 0 aliphatic heterocycles. The summed E-state index contributed by atoms with van der Waals surface area (Å²) in [5.74, 6) is 1.72. The van der Waals surface area contributed by atoms with Crippen LogP contribution in [0.15, 0.2) is 18.2 Å². The van der Waals surface area contributed by atoms with Crippen LogP contribution >= 0.6 is 24.2 Å². The SMILES string of the molecule is CC(C)Oc1ccc(CCCCS)cc1Cl. The number of ether oxygens (including phenoxy) is 1. The normalized spacial score (nSPS) is 10.8. The number of thiol groups is 1. The van der Waals surface area contributed by atoms with E-state index >= 15 is 0 Å². The predicted octanol–water partition coefficient (Wildman–Crippen LogP) is 4.38. The zero-order chi connectivity index (χ0) is 12.0. The van der Waals surface area contributed by atoms with Crippen molar-refractivity contribution in [3.8, 4) is 5.75 Å². The van der Waals surface area contributed by atoms with Gasteiger partial charge in [-0.3, -0.25) is 0 Å². The molecule has 3 heteroatoms. The van der Waals surface area contributed by atoms with Gasteiger partial charge in [0.2, 0.25) is 0 Å². The van der Waals surface area contributed by atoms with Crippen LogP contribution in [0.3, 0.4) is 0 Å². The summed E-state index contributed by atoms with van der Waals surface area (Å²) in [7, 11) is 0. The van der Waals surface area contributed by atoms with Crippen molar-refractivity contribution < 1.29 is 4.74 Å². The van der Waals surface area contributed by atoms with Gasteiger partial charge in [0.25, 0.3) is 0 Å². The Morgan fingerprint density at radius 2 is 2.06 bits per heavy atom. The number of rotatable bonds is 6. The highest BCUT2D eigenvalue weighted by atomic mass is 35.5. The molecule has 1 aromatic rings. The molecular weight excluding hydrogens is 240 g/mol. The Morgan fingerprint density at radius 1 is 1.31 bits per heavy atom. The van der Waals surface area contributed by atoms with E-state index in [1.807, 2.05) is 26.0 Å². The van der Waals surface area contributed by atoms with Gasteiger partial charge in [0.1, 0.15) is 5.75 Å². The Morgan fingerprint density at radius 3 is 2.62 bits per heavy atom. The highest BCUT2D eigenvalue weighted by molar-refractivity contribution is 7.80. The Kier molecular flexibility index (Phi) is 6.07. The van der Waals surface area contributed by atoms with E-state index in [9.17, 15) is 0 Å². The van der Waals surface area contributed by atoms with Gasteiger partial charge >= 0.3 is 0 Å². The molecular formula is C13H19ClOS. The summed E-state index contributed by atoms with van der Waals surface area (Å²) >= 11 is 10.3. The van der Waals surface area contributed by atoms with Crippen molar-refractivity contribution in [3.63, 3.8) is 0 Å². The maximum absolute atomic E-state index is 6.15. The molecule has 0 amide bonds. The minimum atomic E-state index is 0.160. The van der Waals surface area contributed by atoms with Crippen molar-refractivity contribution in [1.29, 1.82) is 0 Å². The van der Waals surface area contributed by atoms with E-state index in [4.69, 9.17) is 16.3 Å². The van der Waals surface area contributed by atoms with Crippen LogP contribution in [0.5, 0.6) is 5.75 Å². The maximum Gasteiger partial charge on any atom is 0.138 e. The summed E-state index contributed by atoms with van der Waals surface area (Å²) in [4.78, 5) is 0. The van der Waals surface area contributed by atoms with E-state index in [0.717, 1.165) is 30.8 Å². The molecule has 0 atom stereocenters. The summed E-state index contributed by atoms with van der Waals surface area (Å²) in [5.41, 5.74) is 1.27. The van der Waals surface area contributed by atoms with Gasteiger partial charge in [-0.25, -0.2) is 0 Å². The molecule has 16 heavy (non-hydrogen) atoms. The van der Waals surface area contributed by atoms with E-state index < -0.39 is 0 Å². The third-order valence-electron chi connectivity index (χ3n) is 2.23. The van der Waals surface area contributed by atoms with Crippen LogP contribution in [0, 0.1) is 0 Å². The summed E-state index contributed by atoms with van der Waals surface area (Å²) in [6.45, 7) is 3.99. The highest BCUT2D eigenvalue weighted by Crippen LogP contribution is 2.26. The van der Waals surface area contributed by atoms with Crippen molar-refractivity contribution in [3.05, 3.63) is 28.8 Å². The fraction of sp³-hybridized carbons (Fsp3) is 0.538. The van der Waals surface area contributed by atoms with Gasteiger partial charge in [0.15, 0.2) is 0 Å². The lowest BCUT2D eigenvalue weighted by Gasteiger charge is -2.12. The average Bonchev–Trinajstić information content (AvgIpc) is 2.22. The Bertz CT molecular complexity index is 326. The zero-order valence-corrected chi connectivity index (χ0v) is 11.5. The van der Waals surface area contributed by atoms with Gasteiger partial charge in [-0.2, -0.15) is 12.6 Å². The molecule has 1 aromatic carbocycles. The molecule has 0 aliphatic carbocycles. The van der Waals surface area contributed by atoms with Crippen LogP contribution in [0.1, 0.15) is 32.3 Å². The molecule has 0 fully saturated rings. The van der Waals surface area contributed by atoms with Crippen LogP contribution in [0.4, 0.5) is 0 Å². The van der Waals surface area contributed by atoms with Crippen molar-refractivity contribution >= 4 is 24.2 Å². The molecule has 0 aromatic heterocycles. The first kappa shape index (κ1) is 13.7. The molecule has 0 bridgehead atoms. The average molecular weight is 259 g/mol. The van der Waals surface area contributed by atoms with Gasteiger partial charge in [-0.1, -0.05) is 17.7 Å². The Labute approximate surface area is 109 Å². The quantitative estimate of drug-likeness (QED) is 0.589. The topological polar surface area (TPSA) is 9.23 Å². The van der Waals surface area contributed by atoms with Gasteiger partial charge in [-0.15, -0.1) is 0 Å². The molecule has 1 rings (SSSR count). The molecule has 0 saturated carbocycles. The molecule has 0 saturated heterocycles. The first-order valence-electron chi connectivity index (χ1n) is 5.69. The smallest absolute Gasteiger partial charge is 0.138 e. The third-order valence-corrected chi connectivity index (χ3v) is 2.84. The van der Waals surface area contributed by atoms with Gasteiger partial charge < -0.3 is 4.74 Å². The van der Waals surface area contributed by atoms with Gasteiger partial charge in [0.05, 0.1) is 11.1 Å². The van der Waals surface area contributed by atoms with Crippen molar-refractivity contribution in [2.24, 2.45) is 0 Å². The monoisotopic (exact) mass is 258 g/mol. The fourth-order valence-electron chi connectivity index (χ4n) is 1.49. The summed E-state index contributed by atoms with van der Waals surface area (Å²) in [6.07, 6.45) is 3.52. The lowest BCUT2D eigenvalue weighted by Crippen LogP contribution is -2.05. The van der Waals surface area contributed by atoms with Crippen molar-refractivity contribution in [1.82, 2.24) is 0 Å². The highest BCUT2D eigenvalue weighted by Gasteiger charge is 2.04. The lowest BCUT2D eigenvalue weighted by atomic mass is 10.1. The van der Waals surface area contributed by atoms with Crippen LogP contribution in [0.25, 0.3) is 0 Å². The zero-order valence-electron chi connectivity index (χ0n) is 9.87. The van der Waals surface area contributed by atoms with Gasteiger partial charge in [0, 0.05) is 0 Å². The van der Waals surface area contributed by atoms with E-state index in [2.05, 4.69) is 18.7 Å². The first-order chi connectivity index (χ1) is 7.63. The number of unbranched alkanes of at least 4 members (excludes halogenated alkanes) is 1. The maximum atomic E-state index is 6.15. The molecule has 0 unspecified atom stereocenters. The minimum Gasteiger partial charge on any atom is -0.489 e. The van der Waals surface area contributed by atoms with Crippen LogP contribution in [-0.4, -0.2) is 11.9 Å². The standard InChI is InChI=1S/C13H19ClOS/c1-10(2)15-13-7-6-11(9-12(13)14)5-3-4-8-16/h6-7,9-10,16H,3-5,8H2,1-2H3. The second-order valence-corrected chi connectivity index (χ2v) is 4.97. The second kappa shape index (κ2) is 7.08. The number of hydrogen-bond donors (Lipinski definition) is 1. The molecule has 0 N–H and O–H groups in total. The largest absolute Gasteiger partial charge is 0.489 e. The third kappa shape index (κ3) is 4.67. The molecule has 90 valence electrons. The summed E-state index contributed by atoms with van der Waals surface area (Å²) in [6, 6.07) is 6.04. The van der Waals surface area contributed by atoms with Crippen molar-refractivity contribution in [2.45, 2.75) is 39.2 Å². The molecule has 1 nitrogen and oxygen atoms in total. The van der Waals surface area contributed by atoms with E-state index in [1.54, 1.807) is 0 Å². The predicted molar refractivity (Wildman–Crippen MR) is 74.0 cm³/mol. The number of hydrogen-bond acceptors (Lipinski definition) is 2. The molecule has 0 radical (unpaired) electrons. The van der Waals surface area contributed by atoms with E-state index in [-0.39, 0.29) is 6.10 Å². The lowest BCUT2D eigenvalue weighted by molar-refractivity contribution is 0.242. The number of benzene rings is 1. The second-order valence-electron chi connectivity index (χ2n) is 4.11.